The zero-order valence-electron chi connectivity index (χ0n) is 30.4. The van der Waals surface area contributed by atoms with Crippen LogP contribution in [0.5, 0.6) is 11.6 Å². The molecule has 1 fully saturated rings. The zero-order valence-corrected chi connectivity index (χ0v) is 30.4. The van der Waals surface area contributed by atoms with Gasteiger partial charge in [0.15, 0.2) is 17.4 Å². The van der Waals surface area contributed by atoms with Crippen LogP contribution in [0.4, 0.5) is 10.3 Å². The first kappa shape index (κ1) is 36.1. The molecule has 10 nitrogen and oxygen atoms in total. The van der Waals surface area contributed by atoms with Gasteiger partial charge in [0, 0.05) is 6.42 Å². The molecule has 0 bridgehead atoms. The molecular formula is C43H40FN5O5. The maximum absolute atomic E-state index is 16.7. The summed E-state index contributed by atoms with van der Waals surface area (Å²) in [5.41, 5.74) is 0.465. The van der Waals surface area contributed by atoms with E-state index in [9.17, 15) is 4.79 Å². The van der Waals surface area contributed by atoms with Gasteiger partial charge in [0.2, 0.25) is 23.3 Å². The van der Waals surface area contributed by atoms with Crippen molar-refractivity contribution in [2.75, 3.05) is 19.0 Å². The Bertz CT molecular complexity index is 2240. The molecule has 0 amide bonds. The summed E-state index contributed by atoms with van der Waals surface area (Å²) in [6.45, 7) is 5.33. The average Bonchev–Trinajstić information content (AvgIpc) is 3.74. The fourth-order valence-electron chi connectivity index (χ4n) is 7.17. The minimum Gasteiger partial charge on any atom is -0.497 e. The fourth-order valence-corrected chi connectivity index (χ4v) is 7.17. The van der Waals surface area contributed by atoms with E-state index in [1.54, 1.807) is 51.3 Å². The Morgan fingerprint density at radius 1 is 0.926 bits per heavy atom. The number of halogens is 1. The van der Waals surface area contributed by atoms with Gasteiger partial charge in [-0.3, -0.25) is 4.57 Å². The molecule has 274 valence electrons. The molecule has 6 aromatic rings. The number of carbonyl (C=O) groups excluding carboxylic acids is 1. The summed E-state index contributed by atoms with van der Waals surface area (Å²) in [4.78, 5) is 28.1. The number of terminal acetylenes is 1. The lowest BCUT2D eigenvalue weighted by atomic mass is 9.77. The van der Waals surface area contributed by atoms with E-state index < -0.39 is 35.1 Å². The highest BCUT2D eigenvalue weighted by Crippen LogP contribution is 2.54. The molecule has 1 N–H and O–H groups in total. The Hall–Kier alpha value is -6.25. The van der Waals surface area contributed by atoms with Gasteiger partial charge in [0.05, 0.1) is 31.5 Å². The quantitative estimate of drug-likeness (QED) is 0.0760. The maximum Gasteiger partial charge on any atom is 0.339 e. The van der Waals surface area contributed by atoms with E-state index in [-0.39, 0.29) is 41.6 Å². The van der Waals surface area contributed by atoms with Crippen molar-refractivity contribution in [1.29, 1.82) is 0 Å². The topological polar surface area (TPSA) is 110 Å². The standard InChI is InChI=1S/C43H40FN5O5/c1-6-41(53-38(50)30-18-12-9-13-19-30)29(4)42(44,7-2)54-39(41)49-28-45-35-36(49)46-40(47-37(35)52-8-3)48-43(31-20-14-10-15-21-31,32-22-16-11-17-23-32)33-24-26-34(51-5)27-25-33/h1,9-29,39H,7-8H2,2-5H3,(H,46,47,48)/t29-,39?,41+,42+/m0/s1. The summed E-state index contributed by atoms with van der Waals surface area (Å²) in [5.74, 6) is -0.400. The molecule has 1 saturated heterocycles. The van der Waals surface area contributed by atoms with E-state index in [1.807, 2.05) is 91.9 Å². The van der Waals surface area contributed by atoms with Gasteiger partial charge in [-0.2, -0.15) is 9.97 Å². The van der Waals surface area contributed by atoms with Crippen molar-refractivity contribution >= 4 is 23.1 Å². The highest BCUT2D eigenvalue weighted by Gasteiger charge is 2.65. The number of aromatic nitrogens is 4. The van der Waals surface area contributed by atoms with Crippen molar-refractivity contribution in [2.24, 2.45) is 5.92 Å². The van der Waals surface area contributed by atoms with Crippen LogP contribution in [0.1, 0.15) is 60.5 Å². The van der Waals surface area contributed by atoms with Gasteiger partial charge in [-0.25, -0.2) is 14.2 Å². The third kappa shape index (κ3) is 6.08. The Kier molecular flexibility index (Phi) is 9.79. The number of esters is 1. The van der Waals surface area contributed by atoms with Crippen LogP contribution in [0.15, 0.2) is 122 Å². The number of hydrogen-bond donors (Lipinski definition) is 1. The molecule has 4 aromatic carbocycles. The molecule has 2 aromatic heterocycles. The lowest BCUT2D eigenvalue weighted by Crippen LogP contribution is -2.46. The van der Waals surface area contributed by atoms with Crippen LogP contribution in [0, 0.1) is 18.3 Å². The van der Waals surface area contributed by atoms with Crippen LogP contribution < -0.4 is 14.8 Å². The van der Waals surface area contributed by atoms with Crippen molar-refractivity contribution < 1.29 is 28.1 Å². The van der Waals surface area contributed by atoms with Gasteiger partial charge < -0.3 is 24.3 Å². The third-order valence-electron chi connectivity index (χ3n) is 10.1. The van der Waals surface area contributed by atoms with E-state index in [2.05, 4.69) is 16.2 Å². The Morgan fingerprint density at radius 2 is 1.52 bits per heavy atom. The predicted molar refractivity (Wildman–Crippen MR) is 203 cm³/mol. The Labute approximate surface area is 313 Å². The van der Waals surface area contributed by atoms with E-state index in [0.29, 0.717) is 5.75 Å². The predicted octanol–water partition coefficient (Wildman–Crippen LogP) is 8.11. The minimum atomic E-state index is -2.26. The molecule has 0 saturated carbocycles. The summed E-state index contributed by atoms with van der Waals surface area (Å²) in [6.07, 6.45) is 6.22. The smallest absolute Gasteiger partial charge is 0.339 e. The number of nitrogens with one attached hydrogen (secondary N) is 1. The van der Waals surface area contributed by atoms with Crippen LogP contribution >= 0.6 is 0 Å². The van der Waals surface area contributed by atoms with Crippen molar-refractivity contribution in [3.8, 4) is 24.0 Å². The first-order valence-electron chi connectivity index (χ1n) is 17.8. The molecule has 54 heavy (non-hydrogen) atoms. The van der Waals surface area contributed by atoms with Crippen molar-refractivity contribution in [1.82, 2.24) is 19.5 Å². The molecule has 1 aliphatic heterocycles. The zero-order chi connectivity index (χ0) is 37.9. The monoisotopic (exact) mass is 725 g/mol. The number of ether oxygens (including phenoxy) is 4. The first-order chi connectivity index (χ1) is 26.2. The Balaban J connectivity index is 1.43. The molecule has 0 spiro atoms. The van der Waals surface area contributed by atoms with Crippen LogP contribution in [-0.4, -0.2) is 50.7 Å². The van der Waals surface area contributed by atoms with Gasteiger partial charge in [-0.15, -0.1) is 6.42 Å². The van der Waals surface area contributed by atoms with Gasteiger partial charge >= 0.3 is 5.97 Å². The number of imidazole rings is 1. The van der Waals surface area contributed by atoms with Crippen molar-refractivity contribution in [2.45, 2.75) is 50.4 Å². The number of fused-ring (bicyclic) bond motifs is 1. The van der Waals surface area contributed by atoms with Gasteiger partial charge in [-0.05, 0) is 47.9 Å². The summed E-state index contributed by atoms with van der Waals surface area (Å²) < 4.78 is 42.1. The number of carbonyl (C=O) groups is 1. The normalized spacial score (nSPS) is 21.0. The van der Waals surface area contributed by atoms with Gasteiger partial charge in [0.25, 0.3) is 0 Å². The average molecular weight is 726 g/mol. The second-order valence-corrected chi connectivity index (χ2v) is 13.0. The van der Waals surface area contributed by atoms with Crippen LogP contribution in [0.25, 0.3) is 11.2 Å². The van der Waals surface area contributed by atoms with Gasteiger partial charge in [0.1, 0.15) is 11.3 Å². The summed E-state index contributed by atoms with van der Waals surface area (Å²) in [6, 6.07) is 36.0. The highest BCUT2D eigenvalue weighted by molar-refractivity contribution is 5.90. The highest BCUT2D eigenvalue weighted by atomic mass is 19.2. The molecule has 4 atom stereocenters. The second kappa shape index (κ2) is 14.6. The van der Waals surface area contributed by atoms with Crippen LogP contribution in [0.2, 0.25) is 0 Å². The summed E-state index contributed by atoms with van der Waals surface area (Å²) >= 11 is 0. The molecular weight excluding hydrogens is 686 g/mol. The fraction of sp³-hybridized carbons (Fsp3) is 0.256. The van der Waals surface area contributed by atoms with E-state index >= 15 is 4.39 Å². The van der Waals surface area contributed by atoms with Gasteiger partial charge in [-0.1, -0.05) is 111 Å². The van der Waals surface area contributed by atoms with Crippen molar-refractivity contribution in [3.63, 3.8) is 0 Å². The maximum atomic E-state index is 16.7. The summed E-state index contributed by atoms with van der Waals surface area (Å²) in [7, 11) is 1.62. The molecule has 1 unspecified atom stereocenters. The lowest BCUT2D eigenvalue weighted by molar-refractivity contribution is -0.173. The molecule has 0 radical (unpaired) electrons. The number of hydrogen-bond acceptors (Lipinski definition) is 9. The molecule has 7 rings (SSSR count). The SMILES string of the molecule is C#C[C@]1(OC(=O)c2ccccc2)C(n2cnc3c(OCC)nc(NC(c4ccccc4)(c4ccccc4)c4ccc(OC)cc4)nc32)O[C@](F)(CC)[C@H]1C. The molecule has 1 aliphatic rings. The largest absolute Gasteiger partial charge is 0.497 e. The number of alkyl halides is 1. The molecule has 11 heteroatoms. The van der Waals surface area contributed by atoms with E-state index in [0.717, 1.165) is 16.7 Å². The van der Waals surface area contributed by atoms with E-state index in [4.69, 9.17) is 35.3 Å². The molecule has 3 heterocycles. The number of anilines is 1. The van der Waals surface area contributed by atoms with Crippen LogP contribution in [-0.2, 0) is 15.0 Å². The van der Waals surface area contributed by atoms with Crippen LogP contribution in [0.3, 0.4) is 0 Å². The number of benzene rings is 4. The third-order valence-corrected chi connectivity index (χ3v) is 10.1. The minimum absolute atomic E-state index is 0.0614. The lowest BCUT2D eigenvalue weighted by Gasteiger charge is -2.37. The first-order valence-corrected chi connectivity index (χ1v) is 17.8. The number of methoxy groups -OCH3 is 1. The van der Waals surface area contributed by atoms with E-state index in [1.165, 1.54) is 10.9 Å². The van der Waals surface area contributed by atoms with Crippen molar-refractivity contribution in [3.05, 3.63) is 144 Å². The second-order valence-electron chi connectivity index (χ2n) is 13.0. The summed E-state index contributed by atoms with van der Waals surface area (Å²) in [5, 5.41) is 3.68. The number of nitrogens with zero attached hydrogens (tertiary/aromatic N) is 4. The Morgan fingerprint density at radius 3 is 2.07 bits per heavy atom. The molecule has 0 aliphatic carbocycles. The number of rotatable bonds is 12.